The van der Waals surface area contributed by atoms with Crippen molar-refractivity contribution in [3.63, 3.8) is 0 Å². The first-order valence-corrected chi connectivity index (χ1v) is 9.24. The Morgan fingerprint density at radius 1 is 1.00 bits per heavy atom. The fraction of sp³-hybridized carbons (Fsp3) is 0.286. The molecule has 0 atom stereocenters. The van der Waals surface area contributed by atoms with Gasteiger partial charge in [-0.2, -0.15) is 0 Å². The second kappa shape index (κ2) is 10.8. The number of nitrogens with one attached hydrogen (secondary N) is 2. The van der Waals surface area contributed by atoms with Gasteiger partial charge in [0.25, 0.3) is 11.8 Å². The van der Waals surface area contributed by atoms with E-state index in [9.17, 15) is 9.59 Å². The highest BCUT2D eigenvalue weighted by Gasteiger charge is 2.34. The molecule has 0 unspecified atom stereocenters. The van der Waals surface area contributed by atoms with E-state index in [-0.39, 0.29) is 42.3 Å². The number of benzene rings is 2. The molecule has 154 valence electrons. The molecular weight excluding hydrogens is 483 g/mol. The smallest absolute Gasteiger partial charge is 0.261 e. The molecule has 2 aromatic carbocycles. The number of imide groups is 1. The third-order valence-corrected chi connectivity index (χ3v) is 4.43. The van der Waals surface area contributed by atoms with Crippen LogP contribution in [0.2, 0.25) is 0 Å². The van der Waals surface area contributed by atoms with Gasteiger partial charge in [0.05, 0.1) is 24.8 Å². The minimum atomic E-state index is -0.248. The first-order chi connectivity index (χ1) is 13.6. The van der Waals surface area contributed by atoms with Crippen LogP contribution in [0, 0.1) is 0 Å². The maximum Gasteiger partial charge on any atom is 0.261 e. The van der Waals surface area contributed by atoms with Gasteiger partial charge in [0, 0.05) is 19.6 Å². The molecule has 2 aromatic rings. The van der Waals surface area contributed by atoms with Gasteiger partial charge in [-0.1, -0.05) is 24.3 Å². The van der Waals surface area contributed by atoms with Crippen molar-refractivity contribution in [2.45, 2.75) is 13.5 Å². The molecule has 1 aliphatic heterocycles. The van der Waals surface area contributed by atoms with E-state index in [1.807, 2.05) is 31.2 Å². The van der Waals surface area contributed by atoms with Crippen molar-refractivity contribution in [2.24, 2.45) is 4.99 Å². The Bertz CT molecular complexity index is 849. The molecule has 3 rings (SSSR count). The number of guanidine groups is 1. The summed E-state index contributed by atoms with van der Waals surface area (Å²) in [5, 5.41) is 6.34. The van der Waals surface area contributed by atoms with Crippen LogP contribution in [-0.4, -0.2) is 49.4 Å². The number of hydrogen-bond acceptors (Lipinski definition) is 4. The predicted octanol–water partition coefficient (Wildman–Crippen LogP) is 2.66. The maximum absolute atomic E-state index is 12.4. The van der Waals surface area contributed by atoms with E-state index < -0.39 is 0 Å². The van der Waals surface area contributed by atoms with E-state index in [2.05, 4.69) is 15.6 Å². The molecule has 0 bridgehead atoms. The van der Waals surface area contributed by atoms with Crippen LogP contribution >= 0.6 is 24.0 Å². The number of carbonyl (C=O) groups is 2. The molecule has 2 amide bonds. The van der Waals surface area contributed by atoms with Gasteiger partial charge < -0.3 is 15.4 Å². The fourth-order valence-electron chi connectivity index (χ4n) is 2.97. The first-order valence-electron chi connectivity index (χ1n) is 9.24. The zero-order valence-corrected chi connectivity index (χ0v) is 18.8. The number of rotatable bonds is 7. The summed E-state index contributed by atoms with van der Waals surface area (Å²) in [7, 11) is 1.63. The van der Waals surface area contributed by atoms with Crippen LogP contribution < -0.4 is 15.4 Å². The quantitative estimate of drug-likeness (QED) is 0.260. The van der Waals surface area contributed by atoms with Crippen LogP contribution in [0.1, 0.15) is 33.2 Å². The first kappa shape index (κ1) is 22.7. The normalized spacial score (nSPS) is 13.0. The average Bonchev–Trinajstić information content (AvgIpc) is 2.97. The molecule has 0 saturated carbocycles. The SMILES string of the molecule is CCNC(=NCc1ccc(OC)cc1)NCCN1C(=O)c2ccccc2C1=O.I. The zero-order valence-electron chi connectivity index (χ0n) is 16.5. The van der Waals surface area contributed by atoms with E-state index in [0.717, 1.165) is 11.3 Å². The summed E-state index contributed by atoms with van der Waals surface area (Å²) in [6.45, 7) is 3.89. The zero-order chi connectivity index (χ0) is 19.9. The van der Waals surface area contributed by atoms with Crippen molar-refractivity contribution in [2.75, 3.05) is 26.7 Å². The monoisotopic (exact) mass is 508 g/mol. The number of hydrogen-bond donors (Lipinski definition) is 2. The van der Waals surface area contributed by atoms with E-state index >= 15 is 0 Å². The molecule has 0 radical (unpaired) electrons. The standard InChI is InChI=1S/C21H24N4O3.HI/c1-3-22-21(24-14-15-8-10-16(28-2)11-9-15)23-12-13-25-19(26)17-6-4-5-7-18(17)20(25)27;/h4-11H,3,12-14H2,1-2H3,(H2,22,23,24);1H. The lowest BCUT2D eigenvalue weighted by Gasteiger charge is -2.16. The third kappa shape index (κ3) is 5.47. The summed E-state index contributed by atoms with van der Waals surface area (Å²) in [4.78, 5) is 30.6. The predicted molar refractivity (Wildman–Crippen MR) is 123 cm³/mol. The molecular formula is C21H25IN4O3. The van der Waals surface area contributed by atoms with Gasteiger partial charge in [-0.05, 0) is 36.8 Å². The van der Waals surface area contributed by atoms with E-state index in [1.165, 1.54) is 4.90 Å². The molecule has 1 aliphatic rings. The van der Waals surface area contributed by atoms with Crippen LogP contribution in [0.4, 0.5) is 0 Å². The Balaban J connectivity index is 0.00000300. The van der Waals surface area contributed by atoms with E-state index in [1.54, 1.807) is 31.4 Å². The topological polar surface area (TPSA) is 83.0 Å². The van der Waals surface area contributed by atoms with Gasteiger partial charge >= 0.3 is 0 Å². The number of halogens is 1. The summed E-state index contributed by atoms with van der Waals surface area (Å²) in [6, 6.07) is 14.6. The van der Waals surface area contributed by atoms with Crippen LogP contribution in [0.25, 0.3) is 0 Å². The Kier molecular flexibility index (Phi) is 8.44. The Morgan fingerprint density at radius 2 is 1.62 bits per heavy atom. The molecule has 29 heavy (non-hydrogen) atoms. The summed E-state index contributed by atoms with van der Waals surface area (Å²) >= 11 is 0. The van der Waals surface area contributed by atoms with Crippen LogP contribution in [-0.2, 0) is 6.54 Å². The number of ether oxygens (including phenoxy) is 1. The Labute approximate surface area is 187 Å². The Morgan fingerprint density at radius 3 is 2.17 bits per heavy atom. The van der Waals surface area contributed by atoms with E-state index in [0.29, 0.717) is 36.7 Å². The van der Waals surface area contributed by atoms with Gasteiger partial charge in [-0.3, -0.25) is 14.5 Å². The molecule has 0 fully saturated rings. The number of nitrogens with zero attached hydrogens (tertiary/aromatic N) is 2. The van der Waals surface area contributed by atoms with Gasteiger partial charge in [0.2, 0.25) is 0 Å². The average molecular weight is 508 g/mol. The van der Waals surface area contributed by atoms with Crippen LogP contribution in [0.15, 0.2) is 53.5 Å². The minimum absolute atomic E-state index is 0. The molecule has 0 spiro atoms. The fourth-order valence-corrected chi connectivity index (χ4v) is 2.97. The highest BCUT2D eigenvalue weighted by atomic mass is 127. The maximum atomic E-state index is 12.4. The largest absolute Gasteiger partial charge is 0.497 e. The van der Waals surface area contributed by atoms with E-state index in [4.69, 9.17) is 4.74 Å². The van der Waals surface area contributed by atoms with Crippen LogP contribution in [0.5, 0.6) is 5.75 Å². The molecule has 1 heterocycles. The Hall–Kier alpha value is -2.62. The van der Waals surface area contributed by atoms with Crippen molar-refractivity contribution >= 4 is 41.8 Å². The van der Waals surface area contributed by atoms with Crippen molar-refractivity contribution in [3.05, 3.63) is 65.2 Å². The molecule has 0 aromatic heterocycles. The second-order valence-electron chi connectivity index (χ2n) is 6.28. The number of fused-ring (bicyclic) bond motifs is 1. The van der Waals surface area contributed by atoms with Crippen molar-refractivity contribution in [1.82, 2.24) is 15.5 Å². The summed E-state index contributed by atoms with van der Waals surface area (Å²) in [6.07, 6.45) is 0. The molecule has 8 heteroatoms. The lowest BCUT2D eigenvalue weighted by molar-refractivity contribution is 0.0657. The lowest BCUT2D eigenvalue weighted by Crippen LogP contribution is -2.43. The molecule has 7 nitrogen and oxygen atoms in total. The molecule has 2 N–H and O–H groups in total. The van der Waals surface area contributed by atoms with Gasteiger partial charge in [-0.15, -0.1) is 24.0 Å². The molecule has 0 aliphatic carbocycles. The van der Waals surface area contributed by atoms with Gasteiger partial charge in [0.15, 0.2) is 5.96 Å². The molecule has 0 saturated heterocycles. The third-order valence-electron chi connectivity index (χ3n) is 4.43. The highest BCUT2D eigenvalue weighted by molar-refractivity contribution is 14.0. The van der Waals surface area contributed by atoms with Gasteiger partial charge in [0.1, 0.15) is 5.75 Å². The number of carbonyl (C=O) groups excluding carboxylic acids is 2. The highest BCUT2D eigenvalue weighted by Crippen LogP contribution is 2.21. The minimum Gasteiger partial charge on any atom is -0.497 e. The number of methoxy groups -OCH3 is 1. The summed E-state index contributed by atoms with van der Waals surface area (Å²) in [5.41, 5.74) is 1.98. The number of amides is 2. The summed E-state index contributed by atoms with van der Waals surface area (Å²) in [5.74, 6) is 0.943. The van der Waals surface area contributed by atoms with Crippen molar-refractivity contribution < 1.29 is 14.3 Å². The summed E-state index contributed by atoms with van der Waals surface area (Å²) < 4.78 is 5.16. The van der Waals surface area contributed by atoms with Crippen molar-refractivity contribution in [3.8, 4) is 5.75 Å². The van der Waals surface area contributed by atoms with Crippen molar-refractivity contribution in [1.29, 1.82) is 0 Å². The van der Waals surface area contributed by atoms with Crippen LogP contribution in [0.3, 0.4) is 0 Å². The lowest BCUT2D eigenvalue weighted by atomic mass is 10.1. The second-order valence-corrected chi connectivity index (χ2v) is 6.28. The number of aliphatic imine (C=N–C) groups is 1. The van der Waals surface area contributed by atoms with Gasteiger partial charge in [-0.25, -0.2) is 4.99 Å².